The summed E-state index contributed by atoms with van der Waals surface area (Å²) in [5.74, 6) is 0. The zero-order chi connectivity index (χ0) is 14.4. The van der Waals surface area contributed by atoms with Crippen LogP contribution in [0.3, 0.4) is 0 Å². The van der Waals surface area contributed by atoms with Gasteiger partial charge in [0, 0.05) is 30.0 Å². The molecule has 0 spiro atoms. The summed E-state index contributed by atoms with van der Waals surface area (Å²) in [7, 11) is 1.98. The summed E-state index contributed by atoms with van der Waals surface area (Å²) in [4.78, 5) is 13.1. The number of aryl methyl sites for hydroxylation is 1. The largest absolute Gasteiger partial charge is 0.334 e. The quantitative estimate of drug-likeness (QED) is 0.536. The minimum absolute atomic E-state index is 0.656. The number of nitrogens with zero attached hydrogens (tertiary/aromatic N) is 4. The van der Waals surface area contributed by atoms with Crippen molar-refractivity contribution in [2.75, 3.05) is 0 Å². The molecule has 102 valence electrons. The SMILES string of the molecule is Cn1cnc2ccc(-c3cc(Cl)cc4nccnc34)cc21. The summed E-state index contributed by atoms with van der Waals surface area (Å²) in [6.45, 7) is 0. The predicted molar refractivity (Wildman–Crippen MR) is 84.3 cm³/mol. The van der Waals surface area contributed by atoms with Gasteiger partial charge < -0.3 is 4.57 Å². The summed E-state index contributed by atoms with van der Waals surface area (Å²) in [6, 6.07) is 9.90. The van der Waals surface area contributed by atoms with E-state index in [1.165, 1.54) is 0 Å². The van der Waals surface area contributed by atoms with Gasteiger partial charge >= 0.3 is 0 Å². The van der Waals surface area contributed by atoms with Gasteiger partial charge in [-0.05, 0) is 29.8 Å². The molecule has 0 aliphatic heterocycles. The molecule has 21 heavy (non-hydrogen) atoms. The van der Waals surface area contributed by atoms with Crippen LogP contribution in [0.15, 0.2) is 49.1 Å². The first kappa shape index (κ1) is 12.3. The van der Waals surface area contributed by atoms with Crippen molar-refractivity contribution in [3.05, 3.63) is 54.1 Å². The van der Waals surface area contributed by atoms with Gasteiger partial charge in [0.25, 0.3) is 0 Å². The number of fused-ring (bicyclic) bond motifs is 2. The Morgan fingerprint density at radius 3 is 2.71 bits per heavy atom. The fourth-order valence-corrected chi connectivity index (χ4v) is 2.77. The molecule has 0 radical (unpaired) electrons. The maximum Gasteiger partial charge on any atom is 0.0966 e. The van der Waals surface area contributed by atoms with Gasteiger partial charge in [0.2, 0.25) is 0 Å². The highest BCUT2D eigenvalue weighted by molar-refractivity contribution is 6.31. The zero-order valence-electron chi connectivity index (χ0n) is 11.3. The fourth-order valence-electron chi connectivity index (χ4n) is 2.55. The molecule has 0 N–H and O–H groups in total. The van der Waals surface area contributed by atoms with Crippen LogP contribution in [0.5, 0.6) is 0 Å². The molecule has 0 unspecified atom stereocenters. The van der Waals surface area contributed by atoms with Crippen molar-refractivity contribution < 1.29 is 0 Å². The Morgan fingerprint density at radius 2 is 1.81 bits per heavy atom. The molecule has 0 atom stereocenters. The number of imidazole rings is 1. The molecule has 0 bridgehead atoms. The summed E-state index contributed by atoms with van der Waals surface area (Å²) >= 11 is 6.22. The van der Waals surface area contributed by atoms with E-state index < -0.39 is 0 Å². The molecule has 0 fully saturated rings. The van der Waals surface area contributed by atoms with Crippen molar-refractivity contribution in [1.29, 1.82) is 0 Å². The van der Waals surface area contributed by atoms with Crippen molar-refractivity contribution in [2.24, 2.45) is 7.05 Å². The Labute approximate surface area is 126 Å². The summed E-state index contributed by atoms with van der Waals surface area (Å²) < 4.78 is 2.00. The fraction of sp³-hybridized carbons (Fsp3) is 0.0625. The van der Waals surface area contributed by atoms with E-state index in [4.69, 9.17) is 11.6 Å². The zero-order valence-corrected chi connectivity index (χ0v) is 12.0. The summed E-state index contributed by atoms with van der Waals surface area (Å²) in [5, 5.41) is 0.656. The van der Waals surface area contributed by atoms with Crippen molar-refractivity contribution >= 4 is 33.7 Å². The van der Waals surface area contributed by atoms with Gasteiger partial charge in [0.15, 0.2) is 0 Å². The topological polar surface area (TPSA) is 43.6 Å². The molecule has 4 aromatic rings. The third kappa shape index (κ3) is 1.96. The van der Waals surface area contributed by atoms with Crippen molar-refractivity contribution in [3.63, 3.8) is 0 Å². The molecule has 2 aromatic heterocycles. The third-order valence-corrected chi connectivity index (χ3v) is 3.79. The minimum atomic E-state index is 0.656. The Hall–Kier alpha value is -2.46. The van der Waals surface area contributed by atoms with E-state index in [1.807, 2.05) is 42.2 Å². The number of benzene rings is 2. The van der Waals surface area contributed by atoms with E-state index in [-0.39, 0.29) is 0 Å². The van der Waals surface area contributed by atoms with Crippen LogP contribution in [-0.2, 0) is 7.05 Å². The first-order valence-corrected chi connectivity index (χ1v) is 6.92. The minimum Gasteiger partial charge on any atom is -0.334 e. The highest BCUT2D eigenvalue weighted by atomic mass is 35.5. The Bertz CT molecular complexity index is 975. The second kappa shape index (κ2) is 4.53. The molecule has 0 saturated carbocycles. The molecule has 4 nitrogen and oxygen atoms in total. The molecule has 2 aromatic carbocycles. The van der Waals surface area contributed by atoms with Crippen LogP contribution >= 0.6 is 11.6 Å². The van der Waals surface area contributed by atoms with Gasteiger partial charge in [-0.15, -0.1) is 0 Å². The Balaban J connectivity index is 2.05. The average molecular weight is 295 g/mol. The average Bonchev–Trinajstić information content (AvgIpc) is 2.87. The van der Waals surface area contributed by atoms with Crippen LogP contribution < -0.4 is 0 Å². The molecule has 0 saturated heterocycles. The van der Waals surface area contributed by atoms with E-state index in [0.29, 0.717) is 5.02 Å². The second-order valence-electron chi connectivity index (χ2n) is 4.94. The molecule has 0 aliphatic carbocycles. The van der Waals surface area contributed by atoms with Gasteiger partial charge in [0.1, 0.15) is 0 Å². The van der Waals surface area contributed by atoms with Gasteiger partial charge in [-0.1, -0.05) is 17.7 Å². The van der Waals surface area contributed by atoms with E-state index >= 15 is 0 Å². The second-order valence-corrected chi connectivity index (χ2v) is 5.37. The van der Waals surface area contributed by atoms with Crippen LogP contribution in [0.25, 0.3) is 33.2 Å². The normalized spacial score (nSPS) is 11.3. The Morgan fingerprint density at radius 1 is 0.952 bits per heavy atom. The number of rotatable bonds is 1. The molecule has 2 heterocycles. The number of aromatic nitrogens is 4. The van der Waals surface area contributed by atoms with Crippen LogP contribution in [-0.4, -0.2) is 19.5 Å². The van der Waals surface area contributed by atoms with E-state index in [0.717, 1.165) is 33.2 Å². The van der Waals surface area contributed by atoms with E-state index in [1.54, 1.807) is 12.4 Å². The van der Waals surface area contributed by atoms with E-state index in [2.05, 4.69) is 21.0 Å². The van der Waals surface area contributed by atoms with Gasteiger partial charge in [0.05, 0.1) is 28.4 Å². The van der Waals surface area contributed by atoms with Gasteiger partial charge in [-0.2, -0.15) is 0 Å². The van der Waals surface area contributed by atoms with Crippen LogP contribution in [0.2, 0.25) is 5.02 Å². The maximum absolute atomic E-state index is 6.22. The summed E-state index contributed by atoms with van der Waals surface area (Å²) in [6.07, 6.45) is 5.18. The van der Waals surface area contributed by atoms with Crippen molar-refractivity contribution in [2.45, 2.75) is 0 Å². The van der Waals surface area contributed by atoms with Gasteiger partial charge in [-0.3, -0.25) is 9.97 Å². The molecule has 5 heteroatoms. The lowest BCUT2D eigenvalue weighted by atomic mass is 10.0. The highest BCUT2D eigenvalue weighted by Crippen LogP contribution is 2.31. The van der Waals surface area contributed by atoms with Crippen molar-refractivity contribution in [1.82, 2.24) is 19.5 Å². The van der Waals surface area contributed by atoms with E-state index in [9.17, 15) is 0 Å². The molecule has 0 amide bonds. The molecule has 0 aliphatic rings. The lowest BCUT2D eigenvalue weighted by Gasteiger charge is -2.07. The first-order valence-electron chi connectivity index (χ1n) is 6.54. The molecular formula is C16H11ClN4. The lowest BCUT2D eigenvalue weighted by Crippen LogP contribution is -1.89. The standard InChI is InChI=1S/C16H11ClN4/c1-21-9-20-13-3-2-10(6-15(13)21)12-7-11(17)8-14-16(12)19-5-4-18-14/h2-9H,1H3. The maximum atomic E-state index is 6.22. The highest BCUT2D eigenvalue weighted by Gasteiger charge is 2.09. The van der Waals surface area contributed by atoms with Gasteiger partial charge in [-0.25, -0.2) is 4.98 Å². The smallest absolute Gasteiger partial charge is 0.0966 e. The van der Waals surface area contributed by atoms with Crippen molar-refractivity contribution in [3.8, 4) is 11.1 Å². The molecule has 4 rings (SSSR count). The predicted octanol–water partition coefficient (Wildman–Crippen LogP) is 3.84. The third-order valence-electron chi connectivity index (χ3n) is 3.57. The molecular weight excluding hydrogens is 284 g/mol. The monoisotopic (exact) mass is 294 g/mol. The summed E-state index contributed by atoms with van der Waals surface area (Å²) in [5.41, 5.74) is 5.73. The number of halogens is 1. The number of hydrogen-bond donors (Lipinski definition) is 0. The Kier molecular flexibility index (Phi) is 2.65. The number of hydrogen-bond acceptors (Lipinski definition) is 3. The van der Waals surface area contributed by atoms with Crippen LogP contribution in [0, 0.1) is 0 Å². The lowest BCUT2D eigenvalue weighted by molar-refractivity contribution is 0.948. The first-order chi connectivity index (χ1) is 10.2. The van der Waals surface area contributed by atoms with Crippen LogP contribution in [0.1, 0.15) is 0 Å². The van der Waals surface area contributed by atoms with Crippen LogP contribution in [0.4, 0.5) is 0 Å².